The minimum Gasteiger partial charge on any atom is -0.394 e. The quantitative estimate of drug-likeness (QED) is 0.117. The number of Topliss-reactive ketones (excluding diaryl/α,β-unsaturated/α-hetero) is 1. The average Bonchev–Trinajstić information content (AvgIpc) is 2.79. The number of allylic oxidation sites excluding steroid dienone is 1. The van der Waals surface area contributed by atoms with E-state index in [2.05, 4.69) is 10.6 Å². The van der Waals surface area contributed by atoms with Gasteiger partial charge < -0.3 is 31.2 Å². The van der Waals surface area contributed by atoms with Crippen LogP contribution in [-0.4, -0.2) is 48.2 Å². The fraction of sp³-hybridized carbons (Fsp3) is 0.455. The number of amides is 1. The summed E-state index contributed by atoms with van der Waals surface area (Å²) in [5.74, 6) is 5.60. The molecular weight excluding hydrogens is 398 g/mol. The van der Waals surface area contributed by atoms with E-state index >= 15 is 0 Å². The van der Waals surface area contributed by atoms with Gasteiger partial charge in [0.15, 0.2) is 5.78 Å². The molecule has 0 aliphatic heterocycles. The Kier molecular flexibility index (Phi) is 18.7. The zero-order valence-electron chi connectivity index (χ0n) is 19.6. The van der Waals surface area contributed by atoms with Gasteiger partial charge >= 0.3 is 0 Å². The van der Waals surface area contributed by atoms with Crippen molar-refractivity contribution < 1.29 is 19.4 Å². The molecule has 0 saturated carbocycles. The van der Waals surface area contributed by atoms with Gasteiger partial charge in [-0.3, -0.25) is 9.59 Å². The van der Waals surface area contributed by atoms with E-state index in [0.29, 0.717) is 30.2 Å². The summed E-state index contributed by atoms with van der Waals surface area (Å²) in [6.45, 7) is 12.0. The van der Waals surface area contributed by atoms with Crippen molar-refractivity contribution in [2.24, 2.45) is 11.6 Å². The maximum absolute atomic E-state index is 12.2. The Balaban J connectivity index is 0. The lowest BCUT2D eigenvalue weighted by Crippen LogP contribution is -2.35. The van der Waals surface area contributed by atoms with Crippen LogP contribution < -0.4 is 22.2 Å². The number of carbonyl (C=O) groups is 2. The molecule has 0 fully saturated rings. The van der Waals surface area contributed by atoms with Gasteiger partial charge in [-0.05, 0) is 44.2 Å². The Labute approximate surface area is 186 Å². The zero-order valence-corrected chi connectivity index (χ0v) is 19.6. The third-order valence-electron chi connectivity index (χ3n) is 3.40. The fourth-order valence-electron chi connectivity index (χ4n) is 1.95. The Morgan fingerprint density at radius 3 is 2.19 bits per heavy atom. The highest BCUT2D eigenvalue weighted by molar-refractivity contribution is 5.95. The van der Waals surface area contributed by atoms with Crippen molar-refractivity contribution in [2.45, 2.75) is 41.5 Å². The number of carbonyl (C=O) groups excluding carboxylic acids is 2. The predicted molar refractivity (Wildman–Crippen MR) is 126 cm³/mol. The van der Waals surface area contributed by atoms with Gasteiger partial charge in [0.1, 0.15) is 11.5 Å². The van der Waals surface area contributed by atoms with Gasteiger partial charge in [0, 0.05) is 17.5 Å². The number of ether oxygens (including phenoxy) is 1. The van der Waals surface area contributed by atoms with Crippen molar-refractivity contribution >= 4 is 17.4 Å². The van der Waals surface area contributed by atoms with Crippen molar-refractivity contribution in [1.29, 1.82) is 0 Å². The van der Waals surface area contributed by atoms with Crippen LogP contribution in [0.25, 0.3) is 0 Å². The normalized spacial score (nSPS) is 10.7. The second kappa shape index (κ2) is 19.1. The smallest absolute Gasteiger partial charge is 0.274 e. The molecule has 1 aromatic carbocycles. The molecule has 0 bridgehead atoms. The van der Waals surface area contributed by atoms with E-state index in [1.807, 2.05) is 27.7 Å². The highest BCUT2D eigenvalue weighted by atomic mass is 16.5. The first-order chi connectivity index (χ1) is 14.9. The third-order valence-corrected chi connectivity index (χ3v) is 3.40. The molecule has 31 heavy (non-hydrogen) atoms. The molecule has 1 rings (SSSR count). The molecule has 1 amide bonds. The monoisotopic (exact) mass is 437 g/mol. The van der Waals surface area contributed by atoms with Crippen LogP contribution in [0.5, 0.6) is 0 Å². The van der Waals surface area contributed by atoms with Crippen LogP contribution in [0.15, 0.2) is 48.1 Å². The SMILES string of the molecule is C/C=C(/NC(=O)/C(N)=C/N(N)CCOCCO)Nc1ccc(C(C)=O)cc1.CC.CC. The number of nitrogens with zero attached hydrogens (tertiary/aromatic N) is 1. The number of hydrazine groups is 1. The van der Waals surface area contributed by atoms with Crippen LogP contribution in [0.3, 0.4) is 0 Å². The maximum Gasteiger partial charge on any atom is 0.274 e. The van der Waals surface area contributed by atoms with E-state index < -0.39 is 5.91 Å². The number of aliphatic hydroxyl groups excluding tert-OH is 1. The first kappa shape index (κ1) is 30.3. The van der Waals surface area contributed by atoms with E-state index in [1.165, 1.54) is 18.1 Å². The molecule has 0 spiro atoms. The Morgan fingerprint density at radius 1 is 1.13 bits per heavy atom. The second-order valence-corrected chi connectivity index (χ2v) is 5.57. The van der Waals surface area contributed by atoms with Crippen LogP contribution in [0.1, 0.15) is 51.9 Å². The van der Waals surface area contributed by atoms with Crippen LogP contribution in [0.4, 0.5) is 5.69 Å². The standard InChI is InChI=1S/C18H27N5O4.2C2H6/c1-3-17(21-15-6-4-14(5-7-15)13(2)25)22-18(26)16(19)12-23(20)8-10-27-11-9-24;2*1-2/h3-7,12,21,24H,8-11,19-20H2,1-2H3,(H,22,26);2*1-2H3/b16-12-,17-3+;;. The number of hydrogen-bond donors (Lipinski definition) is 5. The average molecular weight is 438 g/mol. The molecule has 0 unspecified atom stereocenters. The Hall–Kier alpha value is -2.88. The number of aliphatic hydroxyl groups is 1. The van der Waals surface area contributed by atoms with Gasteiger partial charge in [-0.25, -0.2) is 5.84 Å². The fourth-order valence-corrected chi connectivity index (χ4v) is 1.95. The lowest BCUT2D eigenvalue weighted by molar-refractivity contribution is -0.116. The lowest BCUT2D eigenvalue weighted by Gasteiger charge is -2.16. The molecular formula is C22H39N5O4. The van der Waals surface area contributed by atoms with Crippen LogP contribution in [0.2, 0.25) is 0 Å². The summed E-state index contributed by atoms with van der Waals surface area (Å²) >= 11 is 0. The predicted octanol–water partition coefficient (Wildman–Crippen LogP) is 2.32. The molecule has 0 aromatic heterocycles. The van der Waals surface area contributed by atoms with Gasteiger partial charge in [0.2, 0.25) is 0 Å². The van der Waals surface area contributed by atoms with Crippen molar-refractivity contribution in [3.63, 3.8) is 0 Å². The van der Waals surface area contributed by atoms with Crippen LogP contribution >= 0.6 is 0 Å². The lowest BCUT2D eigenvalue weighted by atomic mass is 10.1. The number of nitrogens with one attached hydrogen (secondary N) is 2. The van der Waals surface area contributed by atoms with Gasteiger partial charge in [-0.2, -0.15) is 0 Å². The highest BCUT2D eigenvalue weighted by Crippen LogP contribution is 2.12. The Bertz CT molecular complexity index is 688. The van der Waals surface area contributed by atoms with Crippen LogP contribution in [-0.2, 0) is 9.53 Å². The summed E-state index contributed by atoms with van der Waals surface area (Å²) in [5.41, 5.74) is 6.98. The molecule has 176 valence electrons. The van der Waals surface area contributed by atoms with E-state index in [9.17, 15) is 9.59 Å². The highest BCUT2D eigenvalue weighted by Gasteiger charge is 2.09. The molecule has 0 radical (unpaired) electrons. The Morgan fingerprint density at radius 2 is 1.71 bits per heavy atom. The summed E-state index contributed by atoms with van der Waals surface area (Å²) in [5, 5.41) is 15.5. The number of hydrogen-bond acceptors (Lipinski definition) is 8. The number of ketones is 1. The van der Waals surface area contributed by atoms with Gasteiger partial charge in [-0.1, -0.05) is 27.7 Å². The number of anilines is 1. The summed E-state index contributed by atoms with van der Waals surface area (Å²) in [6.07, 6.45) is 2.97. The van der Waals surface area contributed by atoms with Crippen molar-refractivity contribution in [1.82, 2.24) is 10.3 Å². The molecule has 0 aliphatic rings. The zero-order chi connectivity index (χ0) is 24.2. The first-order valence-electron chi connectivity index (χ1n) is 10.4. The summed E-state index contributed by atoms with van der Waals surface area (Å²) in [4.78, 5) is 23.5. The number of nitrogens with two attached hydrogens (primary N) is 2. The maximum atomic E-state index is 12.2. The molecule has 9 heteroatoms. The number of rotatable bonds is 11. The van der Waals surface area contributed by atoms with E-state index in [1.54, 1.807) is 37.3 Å². The summed E-state index contributed by atoms with van der Waals surface area (Å²) in [7, 11) is 0. The molecule has 0 aliphatic carbocycles. The molecule has 0 saturated heterocycles. The summed E-state index contributed by atoms with van der Waals surface area (Å²) in [6, 6.07) is 6.86. The molecule has 0 atom stereocenters. The van der Waals surface area contributed by atoms with Crippen molar-refractivity contribution in [3.05, 3.63) is 53.6 Å². The van der Waals surface area contributed by atoms with E-state index in [0.717, 1.165) is 0 Å². The van der Waals surface area contributed by atoms with Crippen molar-refractivity contribution in [2.75, 3.05) is 31.7 Å². The largest absolute Gasteiger partial charge is 0.394 e. The topological polar surface area (TPSA) is 143 Å². The van der Waals surface area contributed by atoms with Crippen molar-refractivity contribution in [3.8, 4) is 0 Å². The van der Waals surface area contributed by atoms with Crippen LogP contribution in [0, 0.1) is 0 Å². The van der Waals surface area contributed by atoms with E-state index in [4.69, 9.17) is 21.4 Å². The molecule has 7 N–H and O–H groups in total. The molecule has 9 nitrogen and oxygen atoms in total. The molecule has 1 aromatic rings. The number of benzene rings is 1. The summed E-state index contributed by atoms with van der Waals surface area (Å²) < 4.78 is 5.08. The third kappa shape index (κ3) is 13.9. The van der Waals surface area contributed by atoms with Gasteiger partial charge in [-0.15, -0.1) is 0 Å². The van der Waals surface area contributed by atoms with Gasteiger partial charge in [0.05, 0.1) is 26.4 Å². The minimum atomic E-state index is -0.525. The van der Waals surface area contributed by atoms with Gasteiger partial charge in [0.25, 0.3) is 5.91 Å². The van der Waals surface area contributed by atoms with E-state index in [-0.39, 0.29) is 24.7 Å². The second-order valence-electron chi connectivity index (χ2n) is 5.57. The first-order valence-corrected chi connectivity index (χ1v) is 10.4. The minimum absolute atomic E-state index is 0.0212. The molecule has 0 heterocycles.